The molecule has 0 radical (unpaired) electrons. The molecule has 3 aromatic heterocycles. The van der Waals surface area contributed by atoms with Gasteiger partial charge in [-0.1, -0.05) is 6.07 Å². The summed E-state index contributed by atoms with van der Waals surface area (Å²) < 4.78 is 27.9. The van der Waals surface area contributed by atoms with Gasteiger partial charge in [0.05, 0.1) is 36.4 Å². The van der Waals surface area contributed by atoms with Crippen LogP contribution < -0.4 is 20.7 Å². The number of nitrogens with one attached hydrogen (secondary N) is 3. The summed E-state index contributed by atoms with van der Waals surface area (Å²) in [5.41, 5.74) is 0.887. The van der Waals surface area contributed by atoms with Crippen LogP contribution in [0.2, 0.25) is 0 Å². The molecule has 0 spiro atoms. The zero-order valence-electron chi connectivity index (χ0n) is 22.7. The lowest BCUT2D eigenvalue weighted by Crippen LogP contribution is -2.21. The highest BCUT2D eigenvalue weighted by molar-refractivity contribution is 7.16. The molecule has 0 fully saturated rings. The molecule has 0 aliphatic rings. The smallest absolute Gasteiger partial charge is 0.273 e. The van der Waals surface area contributed by atoms with E-state index in [0.717, 1.165) is 0 Å². The van der Waals surface area contributed by atoms with Gasteiger partial charge in [-0.15, -0.1) is 26.6 Å². The molecule has 0 aliphatic carbocycles. The summed E-state index contributed by atoms with van der Waals surface area (Å²) >= 11 is 1.20. The van der Waals surface area contributed by atoms with E-state index >= 15 is 0 Å². The van der Waals surface area contributed by atoms with Crippen molar-refractivity contribution in [3.63, 3.8) is 0 Å². The molecular formula is C22H24N10O3S. The Morgan fingerprint density at radius 1 is 1.14 bits per heavy atom. The van der Waals surface area contributed by atoms with Crippen LogP contribution in [0.1, 0.15) is 24.3 Å². The molecule has 4 rings (SSSR count). The first-order chi connectivity index (χ1) is 18.4. The number of methoxy groups -OCH3 is 1. The van der Waals surface area contributed by atoms with Crippen LogP contribution >= 0.6 is 11.3 Å². The van der Waals surface area contributed by atoms with Gasteiger partial charge in [0.25, 0.3) is 11.8 Å². The average molecular weight is 512 g/mol. The Bertz CT molecular complexity index is 1520. The van der Waals surface area contributed by atoms with Gasteiger partial charge in [0, 0.05) is 38.3 Å². The van der Waals surface area contributed by atoms with Gasteiger partial charge in [-0.2, -0.15) is 9.90 Å². The largest absolute Gasteiger partial charge is 0.494 e. The number of hydrogen-bond donors (Lipinski definition) is 3. The quantitative estimate of drug-likeness (QED) is 0.321. The third-order valence-corrected chi connectivity index (χ3v) is 5.84. The molecule has 0 saturated carbocycles. The highest BCUT2D eigenvalue weighted by atomic mass is 32.1. The third kappa shape index (κ3) is 5.07. The van der Waals surface area contributed by atoms with Crippen molar-refractivity contribution >= 4 is 46.2 Å². The van der Waals surface area contributed by atoms with E-state index in [2.05, 4.69) is 36.0 Å². The van der Waals surface area contributed by atoms with E-state index in [1.54, 1.807) is 39.3 Å². The number of aryl methyl sites for hydroxylation is 1. The van der Waals surface area contributed by atoms with Crippen molar-refractivity contribution in [3.8, 4) is 16.3 Å². The number of hydrogen-bond acceptors (Lipinski definition) is 11. The molecule has 0 unspecified atom stereocenters. The lowest BCUT2D eigenvalue weighted by molar-refractivity contribution is 0.0831. The van der Waals surface area contributed by atoms with Crippen LogP contribution in [0.15, 0.2) is 36.7 Å². The monoisotopic (exact) mass is 511 g/mol. The summed E-state index contributed by atoms with van der Waals surface area (Å²) in [6.07, 6.45) is 2.97. The lowest BCUT2D eigenvalue weighted by Gasteiger charge is -2.16. The highest BCUT2D eigenvalue weighted by Crippen LogP contribution is 2.40. The van der Waals surface area contributed by atoms with Crippen LogP contribution in [0.4, 0.5) is 23.0 Å². The fourth-order valence-electron chi connectivity index (χ4n) is 3.20. The van der Waals surface area contributed by atoms with Gasteiger partial charge >= 0.3 is 0 Å². The molecule has 0 bridgehead atoms. The van der Waals surface area contributed by atoms with Crippen molar-refractivity contribution in [2.24, 2.45) is 7.05 Å². The second-order valence-corrected chi connectivity index (χ2v) is 8.56. The van der Waals surface area contributed by atoms with E-state index in [9.17, 15) is 9.59 Å². The second kappa shape index (κ2) is 10.4. The van der Waals surface area contributed by atoms with Gasteiger partial charge in [0.15, 0.2) is 23.1 Å². The fraction of sp³-hybridized carbons (Fsp3) is 0.227. The van der Waals surface area contributed by atoms with Gasteiger partial charge in [0.1, 0.15) is 9.88 Å². The maximum Gasteiger partial charge on any atom is 0.273 e. The molecule has 3 heterocycles. The molecule has 2 amide bonds. The van der Waals surface area contributed by atoms with Gasteiger partial charge in [0.2, 0.25) is 0 Å². The SMILES string of the molecule is [2H]C([2H])([2H])NC(=O)c1nnc(Nc2cnn(C)n2)cc1Nc1cccc(-c2ncc(C(=O)N(C)C)s2)c1OC. The summed E-state index contributed by atoms with van der Waals surface area (Å²) in [4.78, 5) is 32.8. The number of ether oxygens (including phenoxy) is 1. The fourth-order valence-corrected chi connectivity index (χ4v) is 4.16. The Morgan fingerprint density at radius 2 is 1.97 bits per heavy atom. The number of carbonyl (C=O) groups excluding carboxylic acids is 2. The zero-order valence-corrected chi connectivity index (χ0v) is 20.5. The maximum absolute atomic E-state index is 12.8. The molecular weight excluding hydrogens is 484 g/mol. The van der Waals surface area contributed by atoms with E-state index < -0.39 is 12.9 Å². The number of benzene rings is 1. The topological polar surface area (TPSA) is 152 Å². The number of thiazole rings is 1. The Labute approximate surface area is 214 Å². The highest BCUT2D eigenvalue weighted by Gasteiger charge is 2.20. The lowest BCUT2D eigenvalue weighted by atomic mass is 10.1. The Kier molecular flexibility index (Phi) is 5.97. The summed E-state index contributed by atoms with van der Waals surface area (Å²) in [6, 6.07) is 6.69. The maximum atomic E-state index is 12.8. The first kappa shape index (κ1) is 20.8. The minimum Gasteiger partial charge on any atom is -0.494 e. The van der Waals surface area contributed by atoms with Crippen molar-refractivity contribution in [2.45, 2.75) is 0 Å². The minimum atomic E-state index is -2.74. The van der Waals surface area contributed by atoms with Crippen molar-refractivity contribution in [1.29, 1.82) is 0 Å². The zero-order chi connectivity index (χ0) is 28.3. The first-order valence-corrected chi connectivity index (χ1v) is 11.2. The van der Waals surface area contributed by atoms with Crippen molar-refractivity contribution < 1.29 is 18.4 Å². The summed E-state index contributed by atoms with van der Waals surface area (Å²) in [7, 11) is 6.43. The third-order valence-electron chi connectivity index (χ3n) is 4.82. The molecule has 0 aliphatic heterocycles. The average Bonchev–Trinajstić information content (AvgIpc) is 3.51. The standard InChI is InChI=1S/C22H24N10O3S/c1-23-20(33)18-14(9-16(28-29-18)27-17-11-25-32(4)30-17)26-13-8-6-7-12(19(13)35-5)21-24-10-15(36-21)22(34)31(2)3/h6-11H,1-5H3,(H,23,33)(H2,26,27,28,30)/i1D3. The molecule has 13 nitrogen and oxygen atoms in total. The van der Waals surface area contributed by atoms with Crippen LogP contribution in [0.3, 0.4) is 0 Å². The summed E-state index contributed by atoms with van der Waals surface area (Å²) in [5, 5.41) is 24.5. The number of rotatable bonds is 8. The molecule has 3 N–H and O–H groups in total. The number of aromatic nitrogens is 6. The van der Waals surface area contributed by atoms with E-state index in [1.165, 1.54) is 46.6 Å². The Balaban J connectivity index is 1.73. The van der Waals surface area contributed by atoms with Gasteiger partial charge in [-0.3, -0.25) is 9.59 Å². The van der Waals surface area contributed by atoms with E-state index in [0.29, 0.717) is 32.7 Å². The molecule has 1 aromatic carbocycles. The first-order valence-electron chi connectivity index (χ1n) is 11.9. The van der Waals surface area contributed by atoms with Crippen molar-refractivity contribution in [2.75, 3.05) is 38.8 Å². The van der Waals surface area contributed by atoms with E-state index in [1.807, 2.05) is 5.32 Å². The Morgan fingerprint density at radius 3 is 2.67 bits per heavy atom. The molecule has 14 heteroatoms. The minimum absolute atomic E-state index is 0.135. The summed E-state index contributed by atoms with van der Waals surface area (Å²) in [6.45, 7) is -2.74. The molecule has 0 atom stereocenters. The van der Waals surface area contributed by atoms with Crippen molar-refractivity contribution in [3.05, 3.63) is 47.2 Å². The van der Waals surface area contributed by atoms with Crippen LogP contribution in [-0.4, -0.2) is 75.1 Å². The molecule has 36 heavy (non-hydrogen) atoms. The Hall–Kier alpha value is -4.59. The number of para-hydroxylation sites is 1. The number of amides is 2. The second-order valence-electron chi connectivity index (χ2n) is 7.53. The van der Waals surface area contributed by atoms with E-state index in [-0.39, 0.29) is 23.1 Å². The number of anilines is 4. The van der Waals surface area contributed by atoms with E-state index in [4.69, 9.17) is 8.85 Å². The number of carbonyl (C=O) groups is 2. The van der Waals surface area contributed by atoms with Crippen LogP contribution in [-0.2, 0) is 7.05 Å². The molecule has 4 aromatic rings. The molecule has 186 valence electrons. The van der Waals surface area contributed by atoms with Gasteiger partial charge < -0.3 is 25.6 Å². The number of nitrogens with zero attached hydrogens (tertiary/aromatic N) is 7. The molecule has 0 saturated heterocycles. The van der Waals surface area contributed by atoms with Crippen LogP contribution in [0.25, 0.3) is 10.6 Å². The predicted octanol–water partition coefficient (Wildman–Crippen LogP) is 2.29. The summed E-state index contributed by atoms with van der Waals surface area (Å²) in [5.74, 6) is -0.173. The van der Waals surface area contributed by atoms with Gasteiger partial charge in [-0.05, 0) is 12.1 Å². The van der Waals surface area contributed by atoms with Crippen LogP contribution in [0.5, 0.6) is 5.75 Å². The normalized spacial score (nSPS) is 12.2. The van der Waals surface area contributed by atoms with Crippen molar-refractivity contribution in [1.82, 2.24) is 40.4 Å². The predicted molar refractivity (Wildman–Crippen MR) is 135 cm³/mol. The van der Waals surface area contributed by atoms with Gasteiger partial charge in [-0.25, -0.2) is 4.98 Å². The van der Waals surface area contributed by atoms with Crippen LogP contribution in [0, 0.1) is 0 Å².